The van der Waals surface area contributed by atoms with Crippen molar-refractivity contribution in [2.45, 2.75) is 54.7 Å². The predicted octanol–water partition coefficient (Wildman–Crippen LogP) is 5.69. The van der Waals surface area contributed by atoms with Gasteiger partial charge in [-0.1, -0.05) is 58.6 Å². The van der Waals surface area contributed by atoms with Crippen LogP contribution < -0.4 is 0 Å². The van der Waals surface area contributed by atoms with E-state index in [-0.39, 0.29) is 10.0 Å². The lowest BCUT2D eigenvalue weighted by Crippen LogP contribution is -2.42. The topological polar surface area (TPSA) is 35.5 Å². The number of fused-ring (bicyclic) bond motifs is 1. The molecule has 132 valence electrons. The second-order valence-electron chi connectivity index (χ2n) is 6.57. The van der Waals surface area contributed by atoms with Crippen molar-refractivity contribution in [2.75, 3.05) is 6.61 Å². The van der Waals surface area contributed by atoms with Gasteiger partial charge >= 0.3 is 5.97 Å². The van der Waals surface area contributed by atoms with Crippen molar-refractivity contribution < 1.29 is 14.3 Å². The molecule has 3 nitrogen and oxygen atoms in total. The van der Waals surface area contributed by atoms with E-state index in [2.05, 4.69) is 22.6 Å². The third-order valence-corrected chi connectivity index (χ3v) is 6.65. The van der Waals surface area contributed by atoms with Crippen LogP contribution in [0.3, 0.4) is 0 Å². The SMILES string of the molecule is O=C(OC[C@H](I)C1CC[C@@H]2CCCC[C@H]2O1)c1ccc(Cl)cc1Cl. The molecule has 3 rings (SSSR count). The van der Waals surface area contributed by atoms with Gasteiger partial charge in [0, 0.05) is 5.02 Å². The van der Waals surface area contributed by atoms with Crippen molar-refractivity contribution in [3.63, 3.8) is 0 Å². The van der Waals surface area contributed by atoms with Crippen LogP contribution in [0, 0.1) is 5.92 Å². The minimum atomic E-state index is -0.412. The van der Waals surface area contributed by atoms with Crippen LogP contribution in [0.5, 0.6) is 0 Å². The quantitative estimate of drug-likeness (QED) is 0.314. The first-order valence-corrected chi connectivity index (χ1v) is 10.5. The highest BCUT2D eigenvalue weighted by molar-refractivity contribution is 14.1. The second-order valence-corrected chi connectivity index (χ2v) is 9.02. The van der Waals surface area contributed by atoms with Gasteiger partial charge in [-0.2, -0.15) is 0 Å². The Balaban J connectivity index is 1.51. The zero-order chi connectivity index (χ0) is 17.1. The number of benzene rings is 1. The normalized spacial score (nSPS) is 28.0. The van der Waals surface area contributed by atoms with Gasteiger partial charge in [0.15, 0.2) is 0 Å². The lowest BCUT2D eigenvalue weighted by molar-refractivity contribution is -0.100. The zero-order valence-electron chi connectivity index (χ0n) is 13.3. The van der Waals surface area contributed by atoms with E-state index in [1.165, 1.54) is 32.1 Å². The molecule has 4 atom stereocenters. The summed E-state index contributed by atoms with van der Waals surface area (Å²) in [7, 11) is 0. The first-order valence-electron chi connectivity index (χ1n) is 8.46. The number of esters is 1. The predicted molar refractivity (Wildman–Crippen MR) is 104 cm³/mol. The number of hydrogen-bond donors (Lipinski definition) is 0. The van der Waals surface area contributed by atoms with Crippen molar-refractivity contribution in [3.8, 4) is 0 Å². The molecule has 1 saturated heterocycles. The highest BCUT2D eigenvalue weighted by Crippen LogP contribution is 2.37. The Morgan fingerprint density at radius 3 is 2.83 bits per heavy atom. The van der Waals surface area contributed by atoms with E-state index in [4.69, 9.17) is 32.7 Å². The molecule has 1 aromatic rings. The molecule has 1 aliphatic heterocycles. The average molecular weight is 483 g/mol. The molecule has 0 aromatic heterocycles. The van der Waals surface area contributed by atoms with E-state index in [0.717, 1.165) is 12.3 Å². The molecule has 1 aliphatic carbocycles. The fraction of sp³-hybridized carbons (Fsp3) is 0.611. The highest BCUT2D eigenvalue weighted by Gasteiger charge is 2.35. The number of carbonyl (C=O) groups is 1. The number of alkyl halides is 1. The summed E-state index contributed by atoms with van der Waals surface area (Å²) in [5.74, 6) is 0.318. The summed E-state index contributed by atoms with van der Waals surface area (Å²) in [5.41, 5.74) is 0.349. The molecule has 2 aliphatic rings. The Labute approximate surface area is 166 Å². The number of ether oxygens (including phenoxy) is 2. The van der Waals surface area contributed by atoms with Gasteiger partial charge < -0.3 is 9.47 Å². The van der Waals surface area contributed by atoms with Crippen LogP contribution in [-0.2, 0) is 9.47 Å². The van der Waals surface area contributed by atoms with Gasteiger partial charge in [-0.05, 0) is 49.8 Å². The molecule has 0 N–H and O–H groups in total. The number of hydrogen-bond acceptors (Lipinski definition) is 3. The minimum absolute atomic E-state index is 0.153. The van der Waals surface area contributed by atoms with Crippen LogP contribution in [-0.4, -0.2) is 28.7 Å². The molecular formula is C18H21Cl2IO3. The standard InChI is InChI=1S/C18H21Cl2IO3/c19-12-6-7-13(14(20)9-12)18(22)23-10-15(21)17-8-5-11-3-1-2-4-16(11)24-17/h6-7,9,11,15-17H,1-5,8,10H2/t11-,15-,16+,17?/m0/s1. The van der Waals surface area contributed by atoms with Gasteiger partial charge in [0.1, 0.15) is 6.61 Å². The smallest absolute Gasteiger partial charge is 0.339 e. The molecule has 1 unspecified atom stereocenters. The highest BCUT2D eigenvalue weighted by atomic mass is 127. The van der Waals surface area contributed by atoms with E-state index in [9.17, 15) is 4.79 Å². The first kappa shape index (κ1) is 18.7. The van der Waals surface area contributed by atoms with Crippen LogP contribution in [0.15, 0.2) is 18.2 Å². The van der Waals surface area contributed by atoms with E-state index < -0.39 is 5.97 Å². The van der Waals surface area contributed by atoms with Crippen molar-refractivity contribution in [1.29, 1.82) is 0 Å². The number of rotatable bonds is 4. The van der Waals surface area contributed by atoms with Crippen LogP contribution in [0.2, 0.25) is 10.0 Å². The monoisotopic (exact) mass is 482 g/mol. The number of carbonyl (C=O) groups excluding carboxylic acids is 1. The molecular weight excluding hydrogens is 462 g/mol. The van der Waals surface area contributed by atoms with E-state index in [1.807, 2.05) is 0 Å². The maximum absolute atomic E-state index is 12.2. The summed E-state index contributed by atoms with van der Waals surface area (Å²) < 4.78 is 11.9. The Hall–Kier alpha value is -0.0400. The van der Waals surface area contributed by atoms with Crippen LogP contribution in [0.1, 0.15) is 48.9 Å². The van der Waals surface area contributed by atoms with Gasteiger partial charge in [0.05, 0.1) is 26.7 Å². The van der Waals surface area contributed by atoms with E-state index in [1.54, 1.807) is 18.2 Å². The Morgan fingerprint density at radius 2 is 2.04 bits per heavy atom. The summed E-state index contributed by atoms with van der Waals surface area (Å²) in [6.45, 7) is 0.334. The van der Waals surface area contributed by atoms with Gasteiger partial charge in [-0.25, -0.2) is 4.79 Å². The molecule has 6 heteroatoms. The molecule has 1 heterocycles. The fourth-order valence-corrected chi connectivity index (χ4v) is 4.81. The minimum Gasteiger partial charge on any atom is -0.461 e. The van der Waals surface area contributed by atoms with Crippen LogP contribution in [0.4, 0.5) is 0 Å². The van der Waals surface area contributed by atoms with Crippen molar-refractivity contribution in [3.05, 3.63) is 33.8 Å². The third kappa shape index (κ3) is 4.57. The molecule has 0 amide bonds. The fourth-order valence-electron chi connectivity index (χ4n) is 3.62. The molecule has 24 heavy (non-hydrogen) atoms. The first-order chi connectivity index (χ1) is 11.5. The summed E-state index contributed by atoms with van der Waals surface area (Å²) in [6.07, 6.45) is 7.92. The summed E-state index contributed by atoms with van der Waals surface area (Å²) in [6, 6.07) is 4.78. The maximum Gasteiger partial charge on any atom is 0.339 e. The van der Waals surface area contributed by atoms with E-state index in [0.29, 0.717) is 28.3 Å². The summed E-state index contributed by atoms with van der Waals surface area (Å²) in [5, 5.41) is 0.817. The lowest BCUT2D eigenvalue weighted by Gasteiger charge is -2.40. The second kappa shape index (κ2) is 8.56. The van der Waals surface area contributed by atoms with Gasteiger partial charge in [-0.3, -0.25) is 0 Å². The molecule has 0 bridgehead atoms. The molecule has 1 saturated carbocycles. The Kier molecular flexibility index (Phi) is 6.69. The van der Waals surface area contributed by atoms with E-state index >= 15 is 0 Å². The van der Waals surface area contributed by atoms with Crippen LogP contribution in [0.25, 0.3) is 0 Å². The van der Waals surface area contributed by atoms with Crippen molar-refractivity contribution in [1.82, 2.24) is 0 Å². The van der Waals surface area contributed by atoms with Gasteiger partial charge in [0.25, 0.3) is 0 Å². The lowest BCUT2D eigenvalue weighted by atomic mass is 9.80. The largest absolute Gasteiger partial charge is 0.461 e. The zero-order valence-corrected chi connectivity index (χ0v) is 17.0. The summed E-state index contributed by atoms with van der Waals surface area (Å²) >= 11 is 14.2. The van der Waals surface area contributed by atoms with Crippen molar-refractivity contribution >= 4 is 51.8 Å². The number of halogens is 3. The Bertz CT molecular complexity index is 596. The maximum atomic E-state index is 12.2. The molecule has 0 spiro atoms. The van der Waals surface area contributed by atoms with Gasteiger partial charge in [0.2, 0.25) is 0 Å². The van der Waals surface area contributed by atoms with Crippen molar-refractivity contribution in [2.24, 2.45) is 5.92 Å². The van der Waals surface area contributed by atoms with Gasteiger partial charge in [-0.15, -0.1) is 0 Å². The molecule has 1 aromatic carbocycles. The van der Waals surface area contributed by atoms with Crippen LogP contribution >= 0.6 is 45.8 Å². The molecule has 2 fully saturated rings. The Morgan fingerprint density at radius 1 is 1.25 bits per heavy atom. The third-order valence-electron chi connectivity index (χ3n) is 4.94. The molecule has 0 radical (unpaired) electrons. The average Bonchev–Trinajstić information content (AvgIpc) is 2.59. The summed E-state index contributed by atoms with van der Waals surface area (Å²) in [4.78, 5) is 12.2.